The van der Waals surface area contributed by atoms with E-state index in [0.29, 0.717) is 5.69 Å². The first-order valence-electron chi connectivity index (χ1n) is 5.71. The summed E-state index contributed by atoms with van der Waals surface area (Å²) >= 11 is 0. The van der Waals surface area contributed by atoms with Gasteiger partial charge in [0.05, 0.1) is 16.8 Å². The van der Waals surface area contributed by atoms with Crippen molar-refractivity contribution in [2.75, 3.05) is 5.32 Å². The van der Waals surface area contributed by atoms with Gasteiger partial charge in [-0.3, -0.25) is 4.79 Å². The number of alkyl halides is 3. The first kappa shape index (κ1) is 13.9. The van der Waals surface area contributed by atoms with Gasteiger partial charge in [0.1, 0.15) is 0 Å². The fourth-order valence-corrected chi connectivity index (χ4v) is 1.74. The van der Waals surface area contributed by atoms with E-state index in [0.717, 1.165) is 12.1 Å². The van der Waals surface area contributed by atoms with E-state index >= 15 is 0 Å². The van der Waals surface area contributed by atoms with Crippen LogP contribution in [-0.2, 0) is 6.18 Å². The number of hydrogen-bond donors (Lipinski definition) is 2. The van der Waals surface area contributed by atoms with Crippen LogP contribution in [0.15, 0.2) is 48.5 Å². The van der Waals surface area contributed by atoms with Crippen LogP contribution in [0.25, 0.3) is 0 Å². The third-order valence-corrected chi connectivity index (χ3v) is 2.66. The Balaban J connectivity index is 2.34. The number of amides is 1. The highest BCUT2D eigenvalue weighted by atomic mass is 19.4. The zero-order valence-corrected chi connectivity index (χ0v) is 10.2. The lowest BCUT2D eigenvalue weighted by atomic mass is 10.1. The van der Waals surface area contributed by atoms with Crippen LogP contribution in [0, 0.1) is 0 Å². The summed E-state index contributed by atoms with van der Waals surface area (Å²) in [5.74, 6) is -0.653. The minimum Gasteiger partial charge on any atom is -0.366 e. The van der Waals surface area contributed by atoms with E-state index in [1.165, 1.54) is 18.2 Å². The Morgan fingerprint density at radius 2 is 1.75 bits per heavy atom. The fourth-order valence-electron chi connectivity index (χ4n) is 1.74. The van der Waals surface area contributed by atoms with E-state index in [2.05, 4.69) is 5.32 Å². The molecule has 0 aliphatic carbocycles. The summed E-state index contributed by atoms with van der Waals surface area (Å²) in [5, 5.41) is 2.77. The Morgan fingerprint density at radius 1 is 1.05 bits per heavy atom. The van der Waals surface area contributed by atoms with E-state index < -0.39 is 17.6 Å². The quantitative estimate of drug-likeness (QED) is 0.903. The normalized spacial score (nSPS) is 11.2. The zero-order chi connectivity index (χ0) is 14.8. The molecule has 2 aromatic carbocycles. The monoisotopic (exact) mass is 280 g/mol. The van der Waals surface area contributed by atoms with Crippen molar-refractivity contribution in [1.82, 2.24) is 0 Å². The zero-order valence-electron chi connectivity index (χ0n) is 10.2. The molecule has 0 spiro atoms. The van der Waals surface area contributed by atoms with Crippen molar-refractivity contribution >= 4 is 17.3 Å². The molecule has 0 atom stereocenters. The number of carbonyl (C=O) groups is 1. The van der Waals surface area contributed by atoms with Gasteiger partial charge in [0.2, 0.25) is 0 Å². The molecular weight excluding hydrogens is 269 g/mol. The molecule has 0 fully saturated rings. The molecule has 0 aromatic heterocycles. The number of rotatable bonds is 3. The molecule has 0 aliphatic rings. The molecule has 0 radical (unpaired) electrons. The first-order chi connectivity index (χ1) is 9.38. The van der Waals surface area contributed by atoms with E-state index in [4.69, 9.17) is 5.73 Å². The Hall–Kier alpha value is -2.50. The predicted molar refractivity (Wildman–Crippen MR) is 69.7 cm³/mol. The van der Waals surface area contributed by atoms with Crippen LogP contribution >= 0.6 is 0 Å². The van der Waals surface area contributed by atoms with Crippen LogP contribution in [0.4, 0.5) is 24.5 Å². The van der Waals surface area contributed by atoms with Crippen molar-refractivity contribution in [1.29, 1.82) is 0 Å². The number of hydrogen-bond acceptors (Lipinski definition) is 2. The van der Waals surface area contributed by atoms with E-state index in [-0.39, 0.29) is 11.3 Å². The van der Waals surface area contributed by atoms with Gasteiger partial charge in [0, 0.05) is 5.69 Å². The Bertz CT molecular complexity index is 638. The molecule has 6 heteroatoms. The fraction of sp³-hybridized carbons (Fsp3) is 0.0714. The summed E-state index contributed by atoms with van der Waals surface area (Å²) in [6.45, 7) is 0. The lowest BCUT2D eigenvalue weighted by molar-refractivity contribution is -0.137. The maximum Gasteiger partial charge on any atom is 0.416 e. The SMILES string of the molecule is NC(=O)c1ccccc1Nc1cccc(C(F)(F)F)c1. The van der Waals surface area contributed by atoms with Crippen LogP contribution in [0.5, 0.6) is 0 Å². The topological polar surface area (TPSA) is 55.1 Å². The van der Waals surface area contributed by atoms with E-state index in [1.54, 1.807) is 18.2 Å². The van der Waals surface area contributed by atoms with Gasteiger partial charge in [0.25, 0.3) is 5.91 Å². The van der Waals surface area contributed by atoms with Gasteiger partial charge in [-0.2, -0.15) is 13.2 Å². The lowest BCUT2D eigenvalue weighted by Gasteiger charge is -2.12. The van der Waals surface area contributed by atoms with E-state index in [9.17, 15) is 18.0 Å². The number of anilines is 2. The molecule has 104 valence electrons. The average molecular weight is 280 g/mol. The van der Waals surface area contributed by atoms with Crippen molar-refractivity contribution in [3.05, 3.63) is 59.7 Å². The van der Waals surface area contributed by atoms with Crippen LogP contribution in [0.3, 0.4) is 0 Å². The van der Waals surface area contributed by atoms with Crippen molar-refractivity contribution < 1.29 is 18.0 Å². The van der Waals surface area contributed by atoms with Crippen molar-refractivity contribution in [2.24, 2.45) is 5.73 Å². The average Bonchev–Trinajstić information content (AvgIpc) is 2.38. The summed E-state index contributed by atoms with van der Waals surface area (Å²) in [6.07, 6.45) is -4.42. The van der Waals surface area contributed by atoms with Gasteiger partial charge >= 0.3 is 6.18 Å². The van der Waals surface area contributed by atoms with Gasteiger partial charge in [-0.05, 0) is 30.3 Å². The number of para-hydroxylation sites is 1. The third kappa shape index (κ3) is 3.09. The van der Waals surface area contributed by atoms with Crippen LogP contribution < -0.4 is 11.1 Å². The Kier molecular flexibility index (Phi) is 3.65. The Morgan fingerprint density at radius 3 is 2.40 bits per heavy atom. The standard InChI is InChI=1S/C14H11F3N2O/c15-14(16,17)9-4-3-5-10(8-9)19-12-7-2-1-6-11(12)13(18)20/h1-8,19H,(H2,18,20). The molecule has 2 aromatic rings. The molecule has 20 heavy (non-hydrogen) atoms. The molecule has 0 saturated carbocycles. The molecule has 0 aliphatic heterocycles. The van der Waals surface area contributed by atoms with Gasteiger partial charge in [-0.15, -0.1) is 0 Å². The minimum atomic E-state index is -4.42. The second-order valence-corrected chi connectivity index (χ2v) is 4.11. The van der Waals surface area contributed by atoms with Crippen LogP contribution in [0.1, 0.15) is 15.9 Å². The number of nitrogens with two attached hydrogens (primary N) is 1. The summed E-state index contributed by atoms with van der Waals surface area (Å²) < 4.78 is 37.8. The van der Waals surface area contributed by atoms with Crippen LogP contribution in [0.2, 0.25) is 0 Å². The number of halogens is 3. The molecule has 0 saturated heterocycles. The third-order valence-electron chi connectivity index (χ3n) is 2.66. The summed E-state index contributed by atoms with van der Waals surface area (Å²) in [7, 11) is 0. The molecule has 2 rings (SSSR count). The summed E-state index contributed by atoms with van der Waals surface area (Å²) in [5.41, 5.74) is 5.25. The molecule has 0 heterocycles. The highest BCUT2D eigenvalue weighted by Crippen LogP contribution is 2.31. The molecular formula is C14H11F3N2O. The van der Waals surface area contributed by atoms with Crippen molar-refractivity contribution in [3.63, 3.8) is 0 Å². The number of carbonyl (C=O) groups excluding carboxylic acids is 1. The van der Waals surface area contributed by atoms with Crippen molar-refractivity contribution in [3.8, 4) is 0 Å². The number of nitrogens with one attached hydrogen (secondary N) is 1. The summed E-state index contributed by atoms with van der Waals surface area (Å²) in [6, 6.07) is 11.1. The second-order valence-electron chi connectivity index (χ2n) is 4.11. The highest BCUT2D eigenvalue weighted by Gasteiger charge is 2.30. The van der Waals surface area contributed by atoms with Crippen molar-refractivity contribution in [2.45, 2.75) is 6.18 Å². The second kappa shape index (κ2) is 5.24. The van der Waals surface area contributed by atoms with E-state index in [1.807, 2.05) is 0 Å². The maximum atomic E-state index is 12.6. The summed E-state index contributed by atoms with van der Waals surface area (Å²) in [4.78, 5) is 11.2. The Labute approximate surface area is 113 Å². The minimum absolute atomic E-state index is 0.213. The largest absolute Gasteiger partial charge is 0.416 e. The first-order valence-corrected chi connectivity index (χ1v) is 5.71. The molecule has 3 nitrogen and oxygen atoms in total. The predicted octanol–water partition coefficient (Wildman–Crippen LogP) is 3.55. The lowest BCUT2D eigenvalue weighted by Crippen LogP contribution is -2.13. The maximum absolute atomic E-state index is 12.6. The number of benzene rings is 2. The highest BCUT2D eigenvalue weighted by molar-refractivity contribution is 5.99. The molecule has 0 unspecified atom stereocenters. The number of primary amides is 1. The van der Waals surface area contributed by atoms with Gasteiger partial charge in [0.15, 0.2) is 0 Å². The molecule has 0 bridgehead atoms. The molecule has 3 N–H and O–H groups in total. The van der Waals surface area contributed by atoms with Gasteiger partial charge in [-0.25, -0.2) is 0 Å². The smallest absolute Gasteiger partial charge is 0.366 e. The van der Waals surface area contributed by atoms with Gasteiger partial charge < -0.3 is 11.1 Å². The van der Waals surface area contributed by atoms with Gasteiger partial charge in [-0.1, -0.05) is 18.2 Å². The van der Waals surface area contributed by atoms with Crippen LogP contribution in [-0.4, -0.2) is 5.91 Å². The molecule has 1 amide bonds.